The van der Waals surface area contributed by atoms with E-state index in [2.05, 4.69) is 16.4 Å². The van der Waals surface area contributed by atoms with Crippen LogP contribution >= 0.6 is 0 Å². The molecule has 1 aliphatic rings. The molecule has 1 atom stereocenters. The number of hydrogen-bond donors (Lipinski definition) is 1. The molecule has 1 aromatic carbocycles. The normalized spacial score (nSPS) is 17.2. The zero-order valence-electron chi connectivity index (χ0n) is 14.6. The molecule has 1 saturated heterocycles. The monoisotopic (exact) mass is 339 g/mol. The summed E-state index contributed by atoms with van der Waals surface area (Å²) in [6, 6.07) is 12.0. The van der Waals surface area contributed by atoms with Crippen molar-refractivity contribution in [2.45, 2.75) is 25.8 Å². The van der Waals surface area contributed by atoms with Crippen molar-refractivity contribution in [1.82, 2.24) is 15.2 Å². The quantitative estimate of drug-likeness (QED) is 0.910. The number of rotatable bonds is 5. The lowest BCUT2D eigenvalue weighted by Crippen LogP contribution is -2.45. The molecular formula is C20H25N3O2. The third-order valence-corrected chi connectivity index (χ3v) is 4.67. The van der Waals surface area contributed by atoms with Crippen LogP contribution in [0.1, 0.15) is 24.0 Å². The van der Waals surface area contributed by atoms with E-state index in [-0.39, 0.29) is 6.03 Å². The molecule has 0 bridgehead atoms. The maximum absolute atomic E-state index is 12.5. The zero-order valence-corrected chi connectivity index (χ0v) is 14.6. The Morgan fingerprint density at radius 1 is 1.32 bits per heavy atom. The van der Waals surface area contributed by atoms with Gasteiger partial charge in [0, 0.05) is 32.0 Å². The molecule has 2 heterocycles. The van der Waals surface area contributed by atoms with Crippen molar-refractivity contribution in [2.75, 3.05) is 20.2 Å². The maximum atomic E-state index is 12.5. The summed E-state index contributed by atoms with van der Waals surface area (Å²) < 4.78 is 5.45. The molecule has 1 aliphatic heterocycles. The number of urea groups is 1. The van der Waals surface area contributed by atoms with E-state index in [9.17, 15) is 4.79 Å². The number of likely N-dealkylation sites (tertiary alicyclic amines) is 1. The van der Waals surface area contributed by atoms with Crippen LogP contribution in [-0.2, 0) is 13.0 Å². The van der Waals surface area contributed by atoms with Gasteiger partial charge in [-0.15, -0.1) is 0 Å². The Morgan fingerprint density at radius 3 is 3.00 bits per heavy atom. The number of pyridine rings is 1. The number of carbonyl (C=O) groups excluding carboxylic acids is 1. The van der Waals surface area contributed by atoms with Crippen LogP contribution in [-0.4, -0.2) is 36.1 Å². The molecular weight excluding hydrogens is 314 g/mol. The maximum Gasteiger partial charge on any atom is 0.317 e. The highest BCUT2D eigenvalue weighted by molar-refractivity contribution is 5.74. The van der Waals surface area contributed by atoms with Gasteiger partial charge in [0.25, 0.3) is 0 Å². The lowest BCUT2D eigenvalue weighted by atomic mass is 9.91. The van der Waals surface area contributed by atoms with E-state index >= 15 is 0 Å². The van der Waals surface area contributed by atoms with Crippen molar-refractivity contribution in [2.24, 2.45) is 5.92 Å². The van der Waals surface area contributed by atoms with E-state index in [0.29, 0.717) is 12.5 Å². The standard InChI is InChI=1S/C20H25N3O2/c1-25-19-9-3-2-8-18(19)12-16-7-5-11-23(15-16)20(24)22-14-17-6-4-10-21-13-17/h2-4,6,8-10,13,16H,5,7,11-12,14-15H2,1H3,(H,22,24)/t16-/m1/s1. The van der Waals surface area contributed by atoms with Crippen LogP contribution in [0.4, 0.5) is 4.79 Å². The molecule has 2 amide bonds. The molecule has 1 aromatic heterocycles. The van der Waals surface area contributed by atoms with Crippen LogP contribution in [0.3, 0.4) is 0 Å². The fourth-order valence-electron chi connectivity index (χ4n) is 3.39. The molecule has 0 aliphatic carbocycles. The second-order valence-electron chi connectivity index (χ2n) is 6.49. The summed E-state index contributed by atoms with van der Waals surface area (Å²) in [5.41, 5.74) is 2.23. The fourth-order valence-corrected chi connectivity index (χ4v) is 3.39. The summed E-state index contributed by atoms with van der Waals surface area (Å²) in [6.45, 7) is 2.12. The SMILES string of the molecule is COc1ccccc1C[C@H]1CCCN(C(=O)NCc2cccnc2)C1. The van der Waals surface area contributed by atoms with Gasteiger partial charge < -0.3 is 15.0 Å². The second-order valence-corrected chi connectivity index (χ2v) is 6.49. The summed E-state index contributed by atoms with van der Waals surface area (Å²) in [5, 5.41) is 3.00. The van der Waals surface area contributed by atoms with Crippen LogP contribution in [0.25, 0.3) is 0 Å². The van der Waals surface area contributed by atoms with Gasteiger partial charge in [-0.05, 0) is 48.4 Å². The number of nitrogens with one attached hydrogen (secondary N) is 1. The van der Waals surface area contributed by atoms with Gasteiger partial charge in [0.2, 0.25) is 0 Å². The molecule has 25 heavy (non-hydrogen) atoms. The minimum absolute atomic E-state index is 0.00794. The lowest BCUT2D eigenvalue weighted by Gasteiger charge is -2.33. The molecule has 3 rings (SSSR count). The molecule has 5 nitrogen and oxygen atoms in total. The summed E-state index contributed by atoms with van der Waals surface area (Å²) in [4.78, 5) is 18.5. The number of benzene rings is 1. The van der Waals surface area contributed by atoms with Crippen molar-refractivity contribution >= 4 is 6.03 Å². The van der Waals surface area contributed by atoms with Crippen molar-refractivity contribution in [1.29, 1.82) is 0 Å². The third kappa shape index (κ3) is 4.72. The molecule has 1 fully saturated rings. The number of piperidine rings is 1. The molecule has 0 spiro atoms. The molecule has 1 N–H and O–H groups in total. The number of amides is 2. The Balaban J connectivity index is 1.54. The van der Waals surface area contributed by atoms with E-state index in [1.165, 1.54) is 5.56 Å². The van der Waals surface area contributed by atoms with Crippen LogP contribution in [0.15, 0.2) is 48.8 Å². The Hall–Kier alpha value is -2.56. The van der Waals surface area contributed by atoms with Gasteiger partial charge in [0.15, 0.2) is 0 Å². The first-order valence-corrected chi connectivity index (χ1v) is 8.80. The molecule has 5 heteroatoms. The smallest absolute Gasteiger partial charge is 0.317 e. The second kappa shape index (κ2) is 8.51. The molecule has 132 valence electrons. The van der Waals surface area contributed by atoms with Crippen LogP contribution in [0.2, 0.25) is 0 Å². The van der Waals surface area contributed by atoms with Crippen LogP contribution < -0.4 is 10.1 Å². The number of hydrogen-bond acceptors (Lipinski definition) is 3. The molecule has 0 saturated carbocycles. The first-order valence-electron chi connectivity index (χ1n) is 8.80. The van der Waals surface area contributed by atoms with E-state index < -0.39 is 0 Å². The van der Waals surface area contributed by atoms with Crippen molar-refractivity contribution in [3.8, 4) is 5.75 Å². The zero-order chi connectivity index (χ0) is 17.5. The molecule has 0 radical (unpaired) electrons. The van der Waals surface area contributed by atoms with Crippen LogP contribution in [0.5, 0.6) is 5.75 Å². The summed E-state index contributed by atoms with van der Waals surface area (Å²) in [7, 11) is 1.71. The van der Waals surface area contributed by atoms with E-state index in [4.69, 9.17) is 4.74 Å². The Morgan fingerprint density at radius 2 is 2.20 bits per heavy atom. The number of aromatic nitrogens is 1. The predicted molar refractivity (Wildman–Crippen MR) is 97.5 cm³/mol. The number of methoxy groups -OCH3 is 1. The average molecular weight is 339 g/mol. The van der Waals surface area contributed by atoms with Gasteiger partial charge in [0.05, 0.1) is 7.11 Å². The predicted octanol–water partition coefficient (Wildman–Crippen LogP) is 3.25. The van der Waals surface area contributed by atoms with Crippen molar-refractivity contribution in [3.63, 3.8) is 0 Å². The minimum Gasteiger partial charge on any atom is -0.496 e. The van der Waals surface area contributed by atoms with Gasteiger partial charge >= 0.3 is 6.03 Å². The molecule has 0 unspecified atom stereocenters. The molecule has 2 aromatic rings. The third-order valence-electron chi connectivity index (χ3n) is 4.67. The first-order chi connectivity index (χ1) is 12.3. The van der Waals surface area contributed by atoms with Crippen molar-refractivity contribution in [3.05, 3.63) is 59.9 Å². The number of ether oxygens (including phenoxy) is 1. The van der Waals surface area contributed by atoms with E-state index in [1.54, 1.807) is 19.5 Å². The summed E-state index contributed by atoms with van der Waals surface area (Å²) in [6.07, 6.45) is 6.64. The van der Waals surface area contributed by atoms with Crippen LogP contribution in [0, 0.1) is 5.92 Å². The lowest BCUT2D eigenvalue weighted by molar-refractivity contribution is 0.164. The fraction of sp³-hybridized carbons (Fsp3) is 0.400. The number of para-hydroxylation sites is 1. The largest absolute Gasteiger partial charge is 0.496 e. The Kier molecular flexibility index (Phi) is 5.88. The summed E-state index contributed by atoms with van der Waals surface area (Å²) in [5.74, 6) is 1.40. The van der Waals surface area contributed by atoms with E-state index in [1.807, 2.05) is 35.2 Å². The Bertz CT molecular complexity index is 690. The highest BCUT2D eigenvalue weighted by atomic mass is 16.5. The Labute approximate surface area is 149 Å². The highest BCUT2D eigenvalue weighted by Gasteiger charge is 2.24. The van der Waals surface area contributed by atoms with Gasteiger partial charge in [-0.3, -0.25) is 4.98 Å². The average Bonchev–Trinajstić information content (AvgIpc) is 2.67. The van der Waals surface area contributed by atoms with E-state index in [0.717, 1.165) is 43.7 Å². The van der Waals surface area contributed by atoms with Gasteiger partial charge in [-0.2, -0.15) is 0 Å². The first kappa shape index (κ1) is 17.3. The van der Waals surface area contributed by atoms with Gasteiger partial charge in [-0.1, -0.05) is 24.3 Å². The number of carbonyl (C=O) groups is 1. The van der Waals surface area contributed by atoms with Gasteiger partial charge in [0.1, 0.15) is 5.75 Å². The number of nitrogens with zero attached hydrogens (tertiary/aromatic N) is 2. The highest BCUT2D eigenvalue weighted by Crippen LogP contribution is 2.26. The topological polar surface area (TPSA) is 54.5 Å². The minimum atomic E-state index is 0.00794. The van der Waals surface area contributed by atoms with Crippen molar-refractivity contribution < 1.29 is 9.53 Å². The summed E-state index contributed by atoms with van der Waals surface area (Å²) >= 11 is 0. The van der Waals surface area contributed by atoms with Gasteiger partial charge in [-0.25, -0.2) is 4.79 Å².